The zero-order valence-corrected chi connectivity index (χ0v) is 6.54. The van der Waals surface area contributed by atoms with Crippen molar-refractivity contribution in [3.8, 4) is 0 Å². The van der Waals surface area contributed by atoms with Gasteiger partial charge in [0.2, 0.25) is 0 Å². The van der Waals surface area contributed by atoms with Crippen molar-refractivity contribution < 1.29 is 9.47 Å². The minimum absolute atomic E-state index is 0.522. The third kappa shape index (κ3) is 0.867. The molecule has 4 atom stereocenters. The highest BCUT2D eigenvalue weighted by Gasteiger charge is 2.60. The maximum atomic E-state index is 5.31. The molecule has 0 amide bonds. The Bertz CT molecular complexity index is 119. The van der Waals surface area contributed by atoms with Crippen LogP contribution in [-0.4, -0.2) is 24.4 Å². The van der Waals surface area contributed by atoms with Gasteiger partial charge < -0.3 is 9.47 Å². The van der Waals surface area contributed by atoms with Crippen LogP contribution in [0.3, 0.4) is 0 Å². The van der Waals surface area contributed by atoms with Gasteiger partial charge in [0.1, 0.15) is 12.2 Å². The molecule has 0 N–H and O–H groups in total. The number of ether oxygens (including phenoxy) is 2. The lowest BCUT2D eigenvalue weighted by molar-refractivity contribution is 0.290. The van der Waals surface area contributed by atoms with E-state index in [-0.39, 0.29) is 0 Å². The fourth-order valence-electron chi connectivity index (χ4n) is 1.68. The maximum Gasteiger partial charge on any atom is 0.113 e. The van der Waals surface area contributed by atoms with Crippen LogP contribution in [0.4, 0.5) is 0 Å². The van der Waals surface area contributed by atoms with Gasteiger partial charge in [-0.15, -0.1) is 0 Å². The molecule has 0 aromatic rings. The first-order chi connectivity index (χ1) is 4.95. The fourth-order valence-corrected chi connectivity index (χ4v) is 1.68. The summed E-state index contributed by atoms with van der Waals surface area (Å²) in [4.78, 5) is 0. The molecule has 2 saturated heterocycles. The van der Waals surface area contributed by atoms with Crippen LogP contribution < -0.4 is 0 Å². The average molecular weight is 142 g/mol. The third-order valence-corrected chi connectivity index (χ3v) is 2.30. The largest absolute Gasteiger partial charge is 0.367 e. The Morgan fingerprint density at radius 1 is 0.900 bits per heavy atom. The first kappa shape index (κ1) is 6.62. The van der Waals surface area contributed by atoms with Gasteiger partial charge in [0.05, 0.1) is 12.2 Å². The van der Waals surface area contributed by atoms with Crippen molar-refractivity contribution in [2.75, 3.05) is 0 Å². The normalized spacial score (nSPS) is 53.4. The first-order valence-corrected chi connectivity index (χ1v) is 4.26. The molecule has 1 aliphatic carbocycles. The van der Waals surface area contributed by atoms with E-state index in [2.05, 4.69) is 0 Å². The highest BCUT2D eigenvalue weighted by atomic mass is 16.7. The van der Waals surface area contributed by atoms with Gasteiger partial charge in [-0.1, -0.05) is 13.8 Å². The highest BCUT2D eigenvalue weighted by molar-refractivity contribution is 5.07. The third-order valence-electron chi connectivity index (χ3n) is 2.30. The lowest BCUT2D eigenvalue weighted by Gasteiger charge is -1.94. The number of fused-ring (bicyclic) bond motifs is 3. The van der Waals surface area contributed by atoms with Crippen molar-refractivity contribution in [2.24, 2.45) is 0 Å². The van der Waals surface area contributed by atoms with Gasteiger partial charge in [-0.05, 0) is 12.8 Å². The van der Waals surface area contributed by atoms with Crippen LogP contribution in [0.25, 0.3) is 0 Å². The van der Waals surface area contributed by atoms with E-state index in [0.29, 0.717) is 24.4 Å². The molecule has 2 nitrogen and oxygen atoms in total. The first-order valence-electron chi connectivity index (χ1n) is 4.26. The summed E-state index contributed by atoms with van der Waals surface area (Å²) in [5, 5.41) is 0. The average Bonchev–Trinajstić information content (AvgIpc) is 2.85. The number of epoxide rings is 2. The molecule has 0 spiro atoms. The monoisotopic (exact) mass is 142 g/mol. The van der Waals surface area contributed by atoms with Gasteiger partial charge in [0.25, 0.3) is 0 Å². The van der Waals surface area contributed by atoms with E-state index in [4.69, 9.17) is 9.47 Å². The standard InChI is InChI=1S/C6H8O2.C2H6/c1-2-4-6(8-4)5-3(1)7-5;1-2/h3-6H,1-2H2;1-2H3. The van der Waals surface area contributed by atoms with Gasteiger partial charge in [-0.25, -0.2) is 0 Å². The molecular weight excluding hydrogens is 128 g/mol. The van der Waals surface area contributed by atoms with E-state index in [1.807, 2.05) is 13.8 Å². The predicted molar refractivity (Wildman–Crippen MR) is 37.9 cm³/mol. The second-order valence-corrected chi connectivity index (χ2v) is 2.86. The Kier molecular flexibility index (Phi) is 1.46. The number of rotatable bonds is 0. The summed E-state index contributed by atoms with van der Waals surface area (Å²) < 4.78 is 10.6. The van der Waals surface area contributed by atoms with Gasteiger partial charge in [0.15, 0.2) is 0 Å². The van der Waals surface area contributed by atoms with Crippen LogP contribution in [0.2, 0.25) is 0 Å². The topological polar surface area (TPSA) is 25.1 Å². The van der Waals surface area contributed by atoms with Crippen LogP contribution in [0.1, 0.15) is 26.7 Å². The minimum atomic E-state index is 0.522. The summed E-state index contributed by atoms with van der Waals surface area (Å²) in [6.07, 6.45) is 4.72. The molecule has 58 valence electrons. The van der Waals surface area contributed by atoms with E-state index in [9.17, 15) is 0 Å². The van der Waals surface area contributed by atoms with Crippen molar-refractivity contribution in [2.45, 2.75) is 51.1 Å². The molecule has 3 rings (SSSR count). The summed E-state index contributed by atoms with van der Waals surface area (Å²) in [6, 6.07) is 0. The maximum absolute atomic E-state index is 5.31. The summed E-state index contributed by atoms with van der Waals surface area (Å²) in [6.45, 7) is 4.00. The van der Waals surface area contributed by atoms with E-state index in [0.717, 1.165) is 0 Å². The Morgan fingerprint density at radius 2 is 1.30 bits per heavy atom. The number of hydrogen-bond donors (Lipinski definition) is 0. The molecule has 10 heavy (non-hydrogen) atoms. The van der Waals surface area contributed by atoms with Gasteiger partial charge in [0, 0.05) is 0 Å². The quantitative estimate of drug-likeness (QED) is 0.477. The van der Waals surface area contributed by atoms with Crippen LogP contribution in [0.5, 0.6) is 0 Å². The molecule has 0 radical (unpaired) electrons. The smallest absolute Gasteiger partial charge is 0.113 e. The molecule has 1 saturated carbocycles. The SMILES string of the molecule is C1CC2OC2C2OC12.CC. The Labute approximate surface area is 61.5 Å². The lowest BCUT2D eigenvalue weighted by atomic mass is 10.0. The summed E-state index contributed by atoms with van der Waals surface area (Å²) >= 11 is 0. The zero-order valence-electron chi connectivity index (χ0n) is 6.54. The molecule has 2 aliphatic heterocycles. The number of hydrogen-bond acceptors (Lipinski definition) is 2. The van der Waals surface area contributed by atoms with E-state index in [1.165, 1.54) is 12.8 Å². The molecular formula is C8H14O2. The second-order valence-electron chi connectivity index (χ2n) is 2.86. The van der Waals surface area contributed by atoms with Gasteiger partial charge in [-0.2, -0.15) is 0 Å². The summed E-state index contributed by atoms with van der Waals surface area (Å²) in [5.41, 5.74) is 0. The van der Waals surface area contributed by atoms with Crippen LogP contribution in [0.15, 0.2) is 0 Å². The predicted octanol–water partition coefficient (Wildman–Crippen LogP) is 1.34. The van der Waals surface area contributed by atoms with Crippen LogP contribution >= 0.6 is 0 Å². The van der Waals surface area contributed by atoms with Gasteiger partial charge in [-0.3, -0.25) is 0 Å². The van der Waals surface area contributed by atoms with Crippen LogP contribution in [-0.2, 0) is 9.47 Å². The van der Waals surface area contributed by atoms with Crippen molar-refractivity contribution in [1.82, 2.24) is 0 Å². The minimum Gasteiger partial charge on any atom is -0.367 e. The highest BCUT2D eigenvalue weighted by Crippen LogP contribution is 2.47. The Morgan fingerprint density at radius 3 is 1.70 bits per heavy atom. The molecule has 0 aromatic heterocycles. The van der Waals surface area contributed by atoms with E-state index < -0.39 is 0 Å². The summed E-state index contributed by atoms with van der Waals surface area (Å²) in [5.74, 6) is 0. The Balaban J connectivity index is 0.000000188. The van der Waals surface area contributed by atoms with Gasteiger partial charge >= 0.3 is 0 Å². The molecule has 4 unspecified atom stereocenters. The fraction of sp³-hybridized carbons (Fsp3) is 1.00. The van der Waals surface area contributed by atoms with Crippen molar-refractivity contribution >= 4 is 0 Å². The van der Waals surface area contributed by atoms with E-state index >= 15 is 0 Å². The molecule has 3 fully saturated rings. The van der Waals surface area contributed by atoms with Crippen LogP contribution in [0, 0.1) is 0 Å². The summed E-state index contributed by atoms with van der Waals surface area (Å²) in [7, 11) is 0. The molecule has 2 heteroatoms. The second kappa shape index (κ2) is 2.21. The molecule has 3 aliphatic rings. The molecule has 0 bridgehead atoms. The Hall–Kier alpha value is -0.0800. The zero-order chi connectivity index (χ0) is 7.14. The lowest BCUT2D eigenvalue weighted by Crippen LogP contribution is -2.11. The van der Waals surface area contributed by atoms with Crippen molar-refractivity contribution in [3.05, 3.63) is 0 Å². The molecule has 0 aromatic carbocycles. The van der Waals surface area contributed by atoms with E-state index in [1.54, 1.807) is 0 Å². The molecule has 2 heterocycles. The van der Waals surface area contributed by atoms with Crippen molar-refractivity contribution in [1.29, 1.82) is 0 Å². The van der Waals surface area contributed by atoms with Crippen molar-refractivity contribution in [3.63, 3.8) is 0 Å².